The number of methoxy groups -OCH3 is 1. The van der Waals surface area contributed by atoms with Gasteiger partial charge in [0, 0.05) is 17.8 Å². The molecule has 2 rings (SSSR count). The molecule has 0 spiro atoms. The second-order valence-corrected chi connectivity index (χ2v) is 4.68. The summed E-state index contributed by atoms with van der Waals surface area (Å²) in [4.78, 5) is 4.73. The summed E-state index contributed by atoms with van der Waals surface area (Å²) >= 11 is 7.71. The molecule has 0 fully saturated rings. The van der Waals surface area contributed by atoms with E-state index in [0.29, 0.717) is 10.6 Å². The smallest absolute Gasteiger partial charge is 0.130 e. The number of rotatable bonds is 3. The van der Waals surface area contributed by atoms with Crippen LogP contribution in [-0.4, -0.2) is 12.1 Å². The fourth-order valence-electron chi connectivity index (χ4n) is 1.42. The third-order valence-corrected chi connectivity index (χ3v) is 3.76. The van der Waals surface area contributed by atoms with Crippen molar-refractivity contribution in [2.45, 2.75) is 0 Å². The van der Waals surface area contributed by atoms with Gasteiger partial charge in [-0.25, -0.2) is 0 Å². The molecule has 0 aliphatic heterocycles. The van der Waals surface area contributed by atoms with Gasteiger partial charge in [-0.3, -0.25) is 4.98 Å². The van der Waals surface area contributed by atoms with Crippen LogP contribution in [0.4, 0.5) is 0 Å². The predicted octanol–water partition coefficient (Wildman–Crippen LogP) is 3.78. The second-order valence-electron chi connectivity index (χ2n) is 3.39. The zero-order valence-corrected chi connectivity index (χ0v) is 11.1. The number of thiophene rings is 1. The fourth-order valence-corrected chi connectivity index (χ4v) is 2.56. The summed E-state index contributed by atoms with van der Waals surface area (Å²) < 4.78 is 5.10. The van der Waals surface area contributed by atoms with Gasteiger partial charge in [0.05, 0.1) is 22.6 Å². The Kier molecular flexibility index (Phi) is 3.98. The van der Waals surface area contributed by atoms with E-state index in [1.807, 2.05) is 11.4 Å². The largest absolute Gasteiger partial charge is 0.496 e. The molecule has 3 nitrogen and oxygen atoms in total. The van der Waals surface area contributed by atoms with Crippen molar-refractivity contribution >= 4 is 33.5 Å². The number of aromatic nitrogens is 1. The Hall–Kier alpha value is -1.83. The number of halogens is 1. The van der Waals surface area contributed by atoms with Crippen LogP contribution in [0.1, 0.15) is 10.4 Å². The van der Waals surface area contributed by atoms with E-state index in [1.54, 1.807) is 31.6 Å². The summed E-state index contributed by atoms with van der Waals surface area (Å²) in [5.41, 5.74) is 1.19. The lowest BCUT2D eigenvalue weighted by Crippen LogP contribution is -1.84. The normalized spacial score (nSPS) is 11.6. The number of ether oxygens (including phenoxy) is 1. The lowest BCUT2D eigenvalue weighted by Gasteiger charge is -2.01. The van der Waals surface area contributed by atoms with Gasteiger partial charge < -0.3 is 4.74 Å². The monoisotopic (exact) mass is 276 g/mol. The highest BCUT2D eigenvalue weighted by atomic mass is 35.5. The van der Waals surface area contributed by atoms with Crippen LogP contribution >= 0.6 is 22.9 Å². The highest BCUT2D eigenvalue weighted by molar-refractivity contribution is 7.12. The summed E-state index contributed by atoms with van der Waals surface area (Å²) in [6.07, 6.45) is 3.26. The van der Waals surface area contributed by atoms with Crippen molar-refractivity contribution in [3.63, 3.8) is 0 Å². The van der Waals surface area contributed by atoms with E-state index in [9.17, 15) is 5.26 Å². The molecule has 0 atom stereocenters. The lowest BCUT2D eigenvalue weighted by atomic mass is 10.1. The van der Waals surface area contributed by atoms with Gasteiger partial charge in [0.15, 0.2) is 0 Å². The standard InChI is InChI=1S/C13H9ClN2OS/c1-17-10-6-12(18-8-10)13(14)11(7-15)9-2-4-16-5-3-9/h2-6,8H,1H3/b13-11+. The van der Waals surface area contributed by atoms with E-state index in [-0.39, 0.29) is 0 Å². The van der Waals surface area contributed by atoms with Crippen LogP contribution in [0.3, 0.4) is 0 Å². The first-order valence-corrected chi connectivity index (χ1v) is 6.35. The first kappa shape index (κ1) is 12.6. The Labute approximate surface area is 114 Å². The molecule has 0 unspecified atom stereocenters. The predicted molar refractivity (Wildman–Crippen MR) is 73.4 cm³/mol. The summed E-state index contributed by atoms with van der Waals surface area (Å²) in [6, 6.07) is 7.45. The van der Waals surface area contributed by atoms with Crippen molar-refractivity contribution in [3.05, 3.63) is 46.4 Å². The van der Waals surface area contributed by atoms with E-state index in [2.05, 4.69) is 11.1 Å². The molecular weight excluding hydrogens is 268 g/mol. The van der Waals surface area contributed by atoms with E-state index >= 15 is 0 Å². The van der Waals surface area contributed by atoms with Crippen molar-refractivity contribution in [2.75, 3.05) is 7.11 Å². The maximum absolute atomic E-state index is 9.24. The lowest BCUT2D eigenvalue weighted by molar-refractivity contribution is 0.416. The molecule has 18 heavy (non-hydrogen) atoms. The first-order valence-electron chi connectivity index (χ1n) is 5.09. The molecule has 2 aromatic heterocycles. The summed E-state index contributed by atoms with van der Waals surface area (Å²) in [6.45, 7) is 0. The minimum Gasteiger partial charge on any atom is -0.496 e. The topological polar surface area (TPSA) is 45.9 Å². The van der Waals surface area contributed by atoms with Crippen LogP contribution in [0, 0.1) is 11.3 Å². The van der Waals surface area contributed by atoms with Gasteiger partial charge in [0.1, 0.15) is 11.8 Å². The third-order valence-electron chi connectivity index (χ3n) is 2.33. The van der Waals surface area contributed by atoms with Crippen LogP contribution in [0.15, 0.2) is 36.0 Å². The van der Waals surface area contributed by atoms with E-state index < -0.39 is 0 Å². The molecule has 0 aliphatic carbocycles. The van der Waals surface area contributed by atoms with Gasteiger partial charge in [-0.15, -0.1) is 11.3 Å². The molecule has 0 bridgehead atoms. The van der Waals surface area contributed by atoms with Crippen molar-refractivity contribution in [3.8, 4) is 11.8 Å². The number of nitriles is 1. The number of hydrogen-bond donors (Lipinski definition) is 0. The number of nitrogens with zero attached hydrogens (tertiary/aromatic N) is 2. The van der Waals surface area contributed by atoms with Gasteiger partial charge in [-0.1, -0.05) is 11.6 Å². The van der Waals surface area contributed by atoms with E-state index in [0.717, 1.165) is 16.2 Å². The van der Waals surface area contributed by atoms with Crippen molar-refractivity contribution in [1.82, 2.24) is 4.98 Å². The summed E-state index contributed by atoms with van der Waals surface area (Å²) in [7, 11) is 1.59. The molecule has 0 aliphatic rings. The Bertz CT molecular complexity index is 613. The van der Waals surface area contributed by atoms with Gasteiger partial charge in [-0.05, 0) is 23.8 Å². The summed E-state index contributed by atoms with van der Waals surface area (Å²) in [5.74, 6) is 0.736. The second kappa shape index (κ2) is 5.67. The van der Waals surface area contributed by atoms with Gasteiger partial charge in [-0.2, -0.15) is 5.26 Å². The zero-order valence-electron chi connectivity index (χ0n) is 9.55. The maximum Gasteiger partial charge on any atom is 0.130 e. The van der Waals surface area contributed by atoms with Gasteiger partial charge in [0.25, 0.3) is 0 Å². The molecule has 0 saturated carbocycles. The van der Waals surface area contributed by atoms with E-state index in [1.165, 1.54) is 11.3 Å². The van der Waals surface area contributed by atoms with Gasteiger partial charge in [0.2, 0.25) is 0 Å². The first-order chi connectivity index (χ1) is 8.76. The van der Waals surface area contributed by atoms with Crippen molar-refractivity contribution in [2.24, 2.45) is 0 Å². The quantitative estimate of drug-likeness (QED) is 0.802. The molecule has 0 amide bonds. The molecule has 0 saturated heterocycles. The molecule has 0 radical (unpaired) electrons. The number of pyridine rings is 1. The minimum absolute atomic E-state index is 0.428. The molecule has 5 heteroatoms. The molecule has 0 aromatic carbocycles. The van der Waals surface area contributed by atoms with Crippen molar-refractivity contribution in [1.29, 1.82) is 5.26 Å². The maximum atomic E-state index is 9.24. The Morgan fingerprint density at radius 2 is 2.17 bits per heavy atom. The van der Waals surface area contributed by atoms with Crippen LogP contribution in [-0.2, 0) is 0 Å². The third kappa shape index (κ3) is 2.53. The fraction of sp³-hybridized carbons (Fsp3) is 0.0769. The Balaban J connectivity index is 2.47. The van der Waals surface area contributed by atoms with Crippen LogP contribution in [0.25, 0.3) is 10.6 Å². The molecule has 2 heterocycles. The highest BCUT2D eigenvalue weighted by Gasteiger charge is 2.11. The number of allylic oxidation sites excluding steroid dienone is 1. The molecule has 0 N–H and O–H groups in total. The minimum atomic E-state index is 0.428. The van der Waals surface area contributed by atoms with Gasteiger partial charge >= 0.3 is 0 Å². The van der Waals surface area contributed by atoms with Crippen molar-refractivity contribution < 1.29 is 4.74 Å². The zero-order chi connectivity index (χ0) is 13.0. The average molecular weight is 277 g/mol. The van der Waals surface area contributed by atoms with Crippen LogP contribution in [0.2, 0.25) is 0 Å². The molecule has 90 valence electrons. The highest BCUT2D eigenvalue weighted by Crippen LogP contribution is 2.35. The van der Waals surface area contributed by atoms with E-state index in [4.69, 9.17) is 16.3 Å². The molecular formula is C13H9ClN2OS. The molecule has 2 aromatic rings. The Morgan fingerprint density at radius 3 is 2.72 bits per heavy atom. The SMILES string of the molecule is COc1csc(/C(Cl)=C(/C#N)c2ccncc2)c1. The van der Waals surface area contributed by atoms with Crippen LogP contribution < -0.4 is 4.74 Å². The average Bonchev–Trinajstić information content (AvgIpc) is 2.89. The Morgan fingerprint density at radius 1 is 1.44 bits per heavy atom. The summed E-state index contributed by atoms with van der Waals surface area (Å²) in [5, 5.41) is 11.5. The number of hydrogen-bond acceptors (Lipinski definition) is 4. The van der Waals surface area contributed by atoms with Crippen LogP contribution in [0.5, 0.6) is 5.75 Å².